The molecule has 1 saturated heterocycles. The molecule has 17 heavy (non-hydrogen) atoms. The molecule has 0 aliphatic carbocycles. The second kappa shape index (κ2) is 4.08. The minimum absolute atomic E-state index is 0.0605. The molecule has 1 atom stereocenters. The molecule has 1 aliphatic heterocycles. The molecule has 0 aromatic heterocycles. The van der Waals surface area contributed by atoms with Crippen LogP contribution in [0.25, 0.3) is 0 Å². The number of hydrogen-bond donors (Lipinski definition) is 1. The van der Waals surface area contributed by atoms with Crippen LogP contribution in [-0.4, -0.2) is 17.4 Å². The fourth-order valence-corrected chi connectivity index (χ4v) is 1.88. The highest BCUT2D eigenvalue weighted by atomic mass is 19.1. The Morgan fingerprint density at radius 2 is 2.12 bits per heavy atom. The molecular weight excluding hydrogens is 234 g/mol. The summed E-state index contributed by atoms with van der Waals surface area (Å²) in [6, 6.07) is 1.62. The Morgan fingerprint density at radius 1 is 1.41 bits per heavy atom. The Hall–Kier alpha value is -2.05. The first-order chi connectivity index (χ1) is 8.00. The number of benzene rings is 1. The predicted octanol–water partition coefficient (Wildman–Crippen LogP) is 1.48. The van der Waals surface area contributed by atoms with Crippen LogP contribution in [0.4, 0.5) is 14.5 Å². The van der Waals surface area contributed by atoms with Crippen molar-refractivity contribution in [3.63, 3.8) is 0 Å². The predicted molar refractivity (Wildman–Crippen MR) is 53.4 cm³/mol. The number of nitro benzene ring substituents is 1. The van der Waals surface area contributed by atoms with Gasteiger partial charge >= 0.3 is 5.69 Å². The summed E-state index contributed by atoms with van der Waals surface area (Å²) in [5, 5.41) is 13.0. The van der Waals surface area contributed by atoms with E-state index in [1.165, 1.54) is 0 Å². The summed E-state index contributed by atoms with van der Waals surface area (Å²) < 4.78 is 27.2. The van der Waals surface area contributed by atoms with Crippen molar-refractivity contribution in [2.24, 2.45) is 0 Å². The highest BCUT2D eigenvalue weighted by Gasteiger charge is 2.31. The molecule has 1 aromatic carbocycles. The van der Waals surface area contributed by atoms with Crippen LogP contribution in [0.1, 0.15) is 17.9 Å². The molecule has 0 bridgehead atoms. The van der Waals surface area contributed by atoms with E-state index in [-0.39, 0.29) is 18.9 Å². The maximum Gasteiger partial charge on any atom is 0.305 e. The summed E-state index contributed by atoms with van der Waals surface area (Å²) in [4.78, 5) is 20.6. The van der Waals surface area contributed by atoms with E-state index in [9.17, 15) is 23.7 Å². The van der Waals surface area contributed by atoms with E-state index in [2.05, 4.69) is 5.32 Å². The number of carbonyl (C=O) groups excluding carboxylic acids is 1. The minimum atomic E-state index is -1.20. The van der Waals surface area contributed by atoms with Gasteiger partial charge in [-0.3, -0.25) is 14.9 Å². The highest BCUT2D eigenvalue weighted by molar-refractivity contribution is 5.79. The molecular formula is C10H8F2N2O3. The average molecular weight is 242 g/mol. The summed E-state index contributed by atoms with van der Waals surface area (Å²) in [5.41, 5.74) is -1.17. The highest BCUT2D eigenvalue weighted by Crippen LogP contribution is 2.32. The molecule has 0 saturated carbocycles. The molecule has 1 unspecified atom stereocenters. The summed E-state index contributed by atoms with van der Waals surface area (Å²) in [5.74, 6) is -3.08. The van der Waals surface area contributed by atoms with Gasteiger partial charge in [-0.15, -0.1) is 0 Å². The lowest BCUT2D eigenvalue weighted by atomic mass is 9.96. The van der Waals surface area contributed by atoms with Gasteiger partial charge in [-0.2, -0.15) is 4.39 Å². The third-order valence-corrected chi connectivity index (χ3v) is 2.69. The van der Waals surface area contributed by atoms with E-state index in [0.29, 0.717) is 0 Å². The minimum Gasteiger partial charge on any atom is -0.355 e. The van der Waals surface area contributed by atoms with Gasteiger partial charge in [-0.05, 0) is 6.07 Å². The molecule has 1 aromatic rings. The smallest absolute Gasteiger partial charge is 0.305 e. The van der Waals surface area contributed by atoms with Gasteiger partial charge in [0.15, 0.2) is 0 Å². The number of nitrogens with one attached hydrogen (secondary N) is 1. The molecule has 1 fully saturated rings. The third-order valence-electron chi connectivity index (χ3n) is 2.69. The number of rotatable bonds is 2. The number of carbonyl (C=O) groups is 1. The van der Waals surface area contributed by atoms with Gasteiger partial charge in [0.05, 0.1) is 4.92 Å². The van der Waals surface area contributed by atoms with Crippen molar-refractivity contribution < 1.29 is 18.5 Å². The van der Waals surface area contributed by atoms with Crippen LogP contribution in [0.5, 0.6) is 0 Å². The number of amides is 1. The van der Waals surface area contributed by atoms with Gasteiger partial charge < -0.3 is 5.32 Å². The Bertz CT molecular complexity index is 505. The quantitative estimate of drug-likeness (QED) is 0.630. The van der Waals surface area contributed by atoms with Crippen LogP contribution in [0.3, 0.4) is 0 Å². The number of halogens is 2. The van der Waals surface area contributed by atoms with E-state index >= 15 is 0 Å². The lowest BCUT2D eigenvalue weighted by Crippen LogP contribution is -2.14. The molecule has 7 heteroatoms. The van der Waals surface area contributed by atoms with Gasteiger partial charge in [-0.25, -0.2) is 4.39 Å². The van der Waals surface area contributed by atoms with Crippen LogP contribution >= 0.6 is 0 Å². The van der Waals surface area contributed by atoms with Crippen molar-refractivity contribution in [3.8, 4) is 0 Å². The van der Waals surface area contributed by atoms with Crippen LogP contribution in [-0.2, 0) is 4.79 Å². The molecule has 1 aliphatic rings. The molecule has 1 amide bonds. The average Bonchev–Trinajstić information content (AvgIpc) is 2.64. The first kappa shape index (κ1) is 11.4. The van der Waals surface area contributed by atoms with E-state index in [0.717, 1.165) is 12.1 Å². The van der Waals surface area contributed by atoms with Gasteiger partial charge in [0, 0.05) is 30.5 Å². The van der Waals surface area contributed by atoms with Crippen LogP contribution in [0.2, 0.25) is 0 Å². The SMILES string of the molecule is O=C1CC(c2c(F)ccc([N+](=O)[O-])c2F)CN1. The van der Waals surface area contributed by atoms with Crippen LogP contribution < -0.4 is 5.32 Å². The topological polar surface area (TPSA) is 72.2 Å². The monoisotopic (exact) mass is 242 g/mol. The van der Waals surface area contributed by atoms with Crippen molar-refractivity contribution in [3.05, 3.63) is 39.4 Å². The zero-order valence-electron chi connectivity index (χ0n) is 8.57. The fraction of sp³-hybridized carbons (Fsp3) is 0.300. The van der Waals surface area contributed by atoms with E-state index < -0.39 is 33.7 Å². The Labute approximate surface area is 94.6 Å². The Kier molecular flexibility index (Phi) is 2.74. The Morgan fingerprint density at radius 3 is 2.65 bits per heavy atom. The van der Waals surface area contributed by atoms with E-state index in [1.807, 2.05) is 0 Å². The molecule has 2 rings (SSSR count). The van der Waals surface area contributed by atoms with Crippen molar-refractivity contribution in [2.75, 3.05) is 6.54 Å². The molecule has 90 valence electrons. The molecule has 0 radical (unpaired) electrons. The maximum absolute atomic E-state index is 13.7. The first-order valence-corrected chi connectivity index (χ1v) is 4.89. The normalized spacial score (nSPS) is 19.2. The van der Waals surface area contributed by atoms with Crippen LogP contribution in [0.15, 0.2) is 12.1 Å². The van der Waals surface area contributed by atoms with Crippen molar-refractivity contribution in [2.45, 2.75) is 12.3 Å². The van der Waals surface area contributed by atoms with E-state index in [4.69, 9.17) is 0 Å². The molecule has 1 N–H and O–H groups in total. The van der Waals surface area contributed by atoms with E-state index in [1.54, 1.807) is 0 Å². The lowest BCUT2D eigenvalue weighted by Gasteiger charge is -2.10. The Balaban J connectivity index is 2.48. The fourth-order valence-electron chi connectivity index (χ4n) is 1.88. The van der Waals surface area contributed by atoms with Crippen LogP contribution in [0, 0.1) is 21.7 Å². The van der Waals surface area contributed by atoms with Crippen molar-refractivity contribution in [1.82, 2.24) is 5.32 Å². The number of hydrogen-bond acceptors (Lipinski definition) is 3. The second-order valence-electron chi connectivity index (χ2n) is 3.76. The summed E-state index contributed by atoms with van der Waals surface area (Å²) in [7, 11) is 0. The zero-order valence-corrected chi connectivity index (χ0v) is 8.57. The first-order valence-electron chi connectivity index (χ1n) is 4.89. The maximum atomic E-state index is 13.7. The standard InChI is InChI=1S/C10H8F2N2O3/c11-6-1-2-7(14(16)17)10(12)9(6)5-3-8(15)13-4-5/h1-2,5H,3-4H2,(H,13,15). The molecule has 1 heterocycles. The largest absolute Gasteiger partial charge is 0.355 e. The van der Waals surface area contributed by atoms with Gasteiger partial charge in [0.2, 0.25) is 11.7 Å². The summed E-state index contributed by atoms with van der Waals surface area (Å²) >= 11 is 0. The third kappa shape index (κ3) is 1.95. The van der Waals surface area contributed by atoms with Gasteiger partial charge in [-0.1, -0.05) is 0 Å². The summed E-state index contributed by atoms with van der Waals surface area (Å²) in [6.07, 6.45) is -0.0605. The zero-order chi connectivity index (χ0) is 12.6. The number of nitro groups is 1. The molecule has 0 spiro atoms. The van der Waals surface area contributed by atoms with Crippen molar-refractivity contribution >= 4 is 11.6 Å². The summed E-state index contributed by atoms with van der Waals surface area (Å²) in [6.45, 7) is 0.0911. The lowest BCUT2D eigenvalue weighted by molar-refractivity contribution is -0.387. The van der Waals surface area contributed by atoms with Crippen molar-refractivity contribution in [1.29, 1.82) is 0 Å². The van der Waals surface area contributed by atoms with Gasteiger partial charge in [0.25, 0.3) is 0 Å². The van der Waals surface area contributed by atoms with Gasteiger partial charge in [0.1, 0.15) is 5.82 Å². The number of nitrogens with zero attached hydrogens (tertiary/aromatic N) is 1. The second-order valence-corrected chi connectivity index (χ2v) is 3.76. The molecule has 5 nitrogen and oxygen atoms in total.